The molecule has 0 spiro atoms. The van der Waals surface area contributed by atoms with Gasteiger partial charge in [-0.3, -0.25) is 4.79 Å². The Balaban J connectivity index is 2.78. The number of aliphatic hydroxyl groups is 1. The van der Waals surface area contributed by atoms with E-state index in [0.717, 1.165) is 19.3 Å². The van der Waals surface area contributed by atoms with Gasteiger partial charge in [0, 0.05) is 0 Å². The Bertz CT molecular complexity index is 298. The molecule has 1 N–H and O–H groups in total. The molecule has 0 aromatic rings. The minimum Gasteiger partial charge on any atom is -0.466 e. The van der Waals surface area contributed by atoms with E-state index >= 15 is 0 Å². The fourth-order valence-electron chi connectivity index (χ4n) is 3.04. The molecule has 1 aliphatic carbocycles. The topological polar surface area (TPSA) is 46.5 Å². The first-order valence-corrected chi connectivity index (χ1v) is 7.06. The van der Waals surface area contributed by atoms with Crippen LogP contribution in [0.5, 0.6) is 0 Å². The van der Waals surface area contributed by atoms with E-state index in [4.69, 9.17) is 4.74 Å². The van der Waals surface area contributed by atoms with Crippen molar-refractivity contribution < 1.29 is 14.6 Å². The van der Waals surface area contributed by atoms with Gasteiger partial charge in [-0.1, -0.05) is 27.7 Å². The number of esters is 1. The first-order valence-electron chi connectivity index (χ1n) is 7.06. The van der Waals surface area contributed by atoms with Crippen molar-refractivity contribution >= 4 is 5.97 Å². The van der Waals surface area contributed by atoms with Gasteiger partial charge in [0.2, 0.25) is 0 Å². The van der Waals surface area contributed by atoms with Crippen LogP contribution in [0.1, 0.15) is 60.3 Å². The predicted octanol–water partition coefficient (Wildman–Crippen LogP) is 3.15. The average Bonchev–Trinajstić information content (AvgIpc) is 2.23. The van der Waals surface area contributed by atoms with Gasteiger partial charge in [0.05, 0.1) is 19.1 Å². The Morgan fingerprint density at radius 3 is 2.61 bits per heavy atom. The van der Waals surface area contributed by atoms with E-state index in [1.807, 2.05) is 6.92 Å². The summed E-state index contributed by atoms with van der Waals surface area (Å²) in [6.45, 7) is 10.7. The molecule has 0 amide bonds. The molecule has 0 aromatic heterocycles. The van der Waals surface area contributed by atoms with Crippen molar-refractivity contribution in [1.29, 1.82) is 0 Å². The highest BCUT2D eigenvalue weighted by molar-refractivity contribution is 5.70. The zero-order chi connectivity index (χ0) is 14.0. The summed E-state index contributed by atoms with van der Waals surface area (Å²) in [4.78, 5) is 11.7. The van der Waals surface area contributed by atoms with Gasteiger partial charge in [-0.25, -0.2) is 0 Å². The predicted molar refractivity (Wildman–Crippen MR) is 72.2 cm³/mol. The first-order chi connectivity index (χ1) is 8.23. The van der Waals surface area contributed by atoms with Gasteiger partial charge < -0.3 is 9.84 Å². The number of hydrogen-bond donors (Lipinski definition) is 1. The van der Waals surface area contributed by atoms with Crippen LogP contribution in [-0.4, -0.2) is 23.8 Å². The van der Waals surface area contributed by atoms with Crippen molar-refractivity contribution in [3.63, 3.8) is 0 Å². The number of ether oxygens (including phenoxy) is 1. The molecular weight excluding hydrogens is 228 g/mol. The largest absolute Gasteiger partial charge is 0.466 e. The minimum absolute atomic E-state index is 0.158. The van der Waals surface area contributed by atoms with Crippen molar-refractivity contribution in [1.82, 2.24) is 0 Å². The van der Waals surface area contributed by atoms with Crippen molar-refractivity contribution in [2.45, 2.75) is 66.4 Å². The van der Waals surface area contributed by atoms with E-state index in [0.29, 0.717) is 18.9 Å². The van der Waals surface area contributed by atoms with Gasteiger partial charge >= 0.3 is 5.97 Å². The third kappa shape index (κ3) is 3.05. The molecule has 0 bridgehead atoms. The lowest BCUT2D eigenvalue weighted by atomic mass is 9.56. The van der Waals surface area contributed by atoms with Gasteiger partial charge in [0.15, 0.2) is 0 Å². The van der Waals surface area contributed by atoms with Crippen LogP contribution in [-0.2, 0) is 9.53 Å². The lowest BCUT2D eigenvalue weighted by Crippen LogP contribution is -2.49. The zero-order valence-corrected chi connectivity index (χ0v) is 12.5. The molecule has 0 saturated heterocycles. The van der Waals surface area contributed by atoms with Crippen LogP contribution in [0.3, 0.4) is 0 Å². The zero-order valence-electron chi connectivity index (χ0n) is 12.5. The van der Waals surface area contributed by atoms with Gasteiger partial charge in [-0.2, -0.15) is 0 Å². The van der Waals surface area contributed by atoms with E-state index in [1.165, 1.54) is 0 Å². The highest BCUT2D eigenvalue weighted by Gasteiger charge is 2.49. The Hall–Kier alpha value is -0.570. The van der Waals surface area contributed by atoms with Gasteiger partial charge in [-0.05, 0) is 42.9 Å². The van der Waals surface area contributed by atoms with Crippen LogP contribution >= 0.6 is 0 Å². The van der Waals surface area contributed by atoms with Gasteiger partial charge in [0.1, 0.15) is 0 Å². The lowest BCUT2D eigenvalue weighted by molar-refractivity contribution is -0.152. The maximum atomic E-state index is 11.7. The van der Waals surface area contributed by atoms with Crippen LogP contribution in [0.25, 0.3) is 0 Å². The average molecular weight is 256 g/mol. The smallest absolute Gasteiger partial charge is 0.306 e. The minimum atomic E-state index is -0.328. The van der Waals surface area contributed by atoms with Crippen LogP contribution in [0.2, 0.25) is 0 Å². The van der Waals surface area contributed by atoms with Gasteiger partial charge in [-0.15, -0.1) is 0 Å². The van der Waals surface area contributed by atoms with E-state index in [-0.39, 0.29) is 22.9 Å². The molecule has 106 valence electrons. The molecule has 18 heavy (non-hydrogen) atoms. The molecule has 1 fully saturated rings. The molecule has 0 aromatic carbocycles. The quantitative estimate of drug-likeness (QED) is 0.786. The van der Waals surface area contributed by atoms with E-state index in [9.17, 15) is 9.90 Å². The molecule has 1 saturated carbocycles. The molecule has 1 aliphatic rings. The Morgan fingerprint density at radius 1 is 1.50 bits per heavy atom. The van der Waals surface area contributed by atoms with Crippen LogP contribution in [0.4, 0.5) is 0 Å². The molecule has 3 nitrogen and oxygen atoms in total. The summed E-state index contributed by atoms with van der Waals surface area (Å²) in [6, 6.07) is 0. The molecule has 0 unspecified atom stereocenters. The molecule has 0 heterocycles. The van der Waals surface area contributed by atoms with Crippen molar-refractivity contribution in [3.8, 4) is 0 Å². The van der Waals surface area contributed by atoms with Gasteiger partial charge in [0.25, 0.3) is 0 Å². The number of aliphatic hydroxyl groups excluding tert-OH is 1. The Morgan fingerprint density at radius 2 is 2.11 bits per heavy atom. The first kappa shape index (κ1) is 15.5. The summed E-state index contributed by atoms with van der Waals surface area (Å²) in [5.74, 6) is 0.418. The summed E-state index contributed by atoms with van der Waals surface area (Å²) in [5, 5.41) is 10.4. The molecule has 1 rings (SSSR count). The molecule has 3 heteroatoms. The monoisotopic (exact) mass is 256 g/mol. The number of carbonyl (C=O) groups excluding carboxylic acids is 1. The normalized spacial score (nSPS) is 33.2. The summed E-state index contributed by atoms with van der Waals surface area (Å²) >= 11 is 0. The van der Waals surface area contributed by atoms with Crippen molar-refractivity contribution in [3.05, 3.63) is 0 Å². The molecule has 0 radical (unpaired) electrons. The van der Waals surface area contributed by atoms with Crippen LogP contribution < -0.4 is 0 Å². The van der Waals surface area contributed by atoms with E-state index in [2.05, 4.69) is 27.7 Å². The van der Waals surface area contributed by atoms with E-state index < -0.39 is 0 Å². The maximum Gasteiger partial charge on any atom is 0.306 e. The Kier molecular flexibility index (Phi) is 4.82. The second-order valence-electron chi connectivity index (χ2n) is 6.68. The highest BCUT2D eigenvalue weighted by atomic mass is 16.5. The second kappa shape index (κ2) is 5.60. The third-order valence-electron chi connectivity index (χ3n) is 4.96. The number of rotatable bonds is 4. The molecular formula is C15H28O3. The highest BCUT2D eigenvalue weighted by Crippen LogP contribution is 2.52. The van der Waals surface area contributed by atoms with Crippen molar-refractivity contribution in [2.24, 2.45) is 16.7 Å². The number of carbonyl (C=O) groups is 1. The lowest BCUT2D eigenvalue weighted by Gasteiger charge is -2.51. The second-order valence-corrected chi connectivity index (χ2v) is 6.68. The van der Waals surface area contributed by atoms with Crippen molar-refractivity contribution in [2.75, 3.05) is 6.61 Å². The summed E-state index contributed by atoms with van der Waals surface area (Å²) in [6.07, 6.45) is 2.98. The van der Waals surface area contributed by atoms with E-state index in [1.54, 1.807) is 0 Å². The Labute approximate surface area is 111 Å². The third-order valence-corrected chi connectivity index (χ3v) is 4.96. The fourth-order valence-corrected chi connectivity index (χ4v) is 3.04. The van der Waals surface area contributed by atoms with Crippen LogP contribution in [0, 0.1) is 16.7 Å². The summed E-state index contributed by atoms with van der Waals surface area (Å²) in [7, 11) is 0. The standard InChI is InChI=1S/C15H28O3/c1-6-18-13(17)10-14(3,4)15(5)8-7-11(2)9-12(15)16/h11-12,16H,6-10H2,1-5H3/t11-,12+,15+/m0/s1. The maximum absolute atomic E-state index is 11.7. The summed E-state index contributed by atoms with van der Waals surface area (Å²) in [5.41, 5.74) is -0.439. The number of hydrogen-bond acceptors (Lipinski definition) is 3. The molecule has 3 atom stereocenters. The van der Waals surface area contributed by atoms with Crippen LogP contribution in [0.15, 0.2) is 0 Å². The SMILES string of the molecule is CCOC(=O)CC(C)(C)[C@]1(C)CC[C@H](C)C[C@H]1O. The summed E-state index contributed by atoms with van der Waals surface area (Å²) < 4.78 is 5.05. The molecule has 0 aliphatic heterocycles. The fraction of sp³-hybridized carbons (Fsp3) is 0.933.